The highest BCUT2D eigenvalue weighted by molar-refractivity contribution is 5.67. The largest absolute Gasteiger partial charge is 0.371 e. The molecule has 1 aromatic heterocycles. The molecule has 0 spiro atoms. The molecule has 6 heteroatoms. The average molecular weight is 399 g/mol. The Morgan fingerprint density at radius 3 is 2.90 bits per heavy atom. The summed E-state index contributed by atoms with van der Waals surface area (Å²) in [5, 5.41) is 5.37. The lowest BCUT2D eigenvalue weighted by Gasteiger charge is -2.26. The third kappa shape index (κ3) is 5.04. The normalized spacial score (nSPS) is 25.4. The van der Waals surface area contributed by atoms with E-state index in [-0.39, 0.29) is 18.0 Å². The number of hydrogen-bond acceptors (Lipinski definition) is 4. The van der Waals surface area contributed by atoms with Crippen molar-refractivity contribution in [1.29, 1.82) is 0 Å². The van der Waals surface area contributed by atoms with E-state index < -0.39 is 0 Å². The third-order valence-corrected chi connectivity index (χ3v) is 6.00. The Balaban J connectivity index is 1.55. The summed E-state index contributed by atoms with van der Waals surface area (Å²) in [5.74, 6) is 1.19. The van der Waals surface area contributed by atoms with Gasteiger partial charge in [-0.1, -0.05) is 37.8 Å². The fourth-order valence-corrected chi connectivity index (χ4v) is 4.37. The molecule has 4 rings (SSSR count). The molecular weight excluding hydrogens is 367 g/mol. The van der Waals surface area contributed by atoms with E-state index in [4.69, 9.17) is 4.74 Å². The van der Waals surface area contributed by atoms with Gasteiger partial charge in [0.1, 0.15) is 17.3 Å². The van der Waals surface area contributed by atoms with Gasteiger partial charge < -0.3 is 14.6 Å². The van der Waals surface area contributed by atoms with Crippen molar-refractivity contribution in [1.82, 2.24) is 9.88 Å². The summed E-state index contributed by atoms with van der Waals surface area (Å²) in [7, 11) is 1.99. The predicted molar refractivity (Wildman–Crippen MR) is 114 cm³/mol. The van der Waals surface area contributed by atoms with E-state index in [1.54, 1.807) is 12.3 Å². The van der Waals surface area contributed by atoms with Gasteiger partial charge in [0.25, 0.3) is 0 Å². The summed E-state index contributed by atoms with van der Waals surface area (Å²) in [5.41, 5.74) is 0. The van der Waals surface area contributed by atoms with Crippen LogP contribution in [0.2, 0.25) is 0 Å². The number of fused-ring (bicyclic) bond motifs is 1. The van der Waals surface area contributed by atoms with Gasteiger partial charge in [0, 0.05) is 25.9 Å². The molecule has 2 heterocycles. The molecule has 0 saturated heterocycles. The van der Waals surface area contributed by atoms with Crippen LogP contribution in [0.5, 0.6) is 0 Å². The molecule has 2 atom stereocenters. The highest BCUT2D eigenvalue weighted by Crippen LogP contribution is 2.25. The fourth-order valence-electron chi connectivity index (χ4n) is 4.37. The van der Waals surface area contributed by atoms with E-state index in [2.05, 4.69) is 15.3 Å². The van der Waals surface area contributed by atoms with Crippen molar-refractivity contribution in [3.63, 3.8) is 0 Å². The Morgan fingerprint density at radius 1 is 1.24 bits per heavy atom. The Kier molecular flexibility index (Phi) is 6.60. The monoisotopic (exact) mass is 398 g/mol. The minimum absolute atomic E-state index is 0.139. The van der Waals surface area contributed by atoms with Crippen LogP contribution in [0.15, 0.2) is 46.3 Å². The maximum atomic E-state index is 14.2. The Labute approximate surface area is 171 Å². The first-order valence-corrected chi connectivity index (χ1v) is 10.8. The number of rotatable bonds is 5. The van der Waals surface area contributed by atoms with Crippen LogP contribution >= 0.6 is 0 Å². The number of nitrogens with one attached hydrogen (secondary N) is 1. The lowest BCUT2D eigenvalue weighted by Crippen LogP contribution is -2.43. The first-order valence-electron chi connectivity index (χ1n) is 10.8. The van der Waals surface area contributed by atoms with E-state index in [0.29, 0.717) is 25.5 Å². The minimum Gasteiger partial charge on any atom is -0.371 e. The van der Waals surface area contributed by atoms with E-state index in [9.17, 15) is 4.39 Å². The number of hydrogen-bond donors (Lipinski definition) is 1. The minimum atomic E-state index is -0.358. The summed E-state index contributed by atoms with van der Waals surface area (Å²) in [4.78, 5) is 9.15. The number of halogens is 1. The van der Waals surface area contributed by atoms with Gasteiger partial charge in [0.15, 0.2) is 5.82 Å². The number of allylic oxidation sites excluding steroid dienone is 2. The van der Waals surface area contributed by atoms with E-state index in [0.717, 1.165) is 16.5 Å². The van der Waals surface area contributed by atoms with Gasteiger partial charge in [-0.05, 0) is 30.9 Å². The first-order chi connectivity index (χ1) is 14.2. The van der Waals surface area contributed by atoms with E-state index in [1.807, 2.05) is 36.0 Å². The zero-order valence-electron chi connectivity index (χ0n) is 17.2. The summed E-state index contributed by atoms with van der Waals surface area (Å²) >= 11 is 0. The number of ether oxygens (including phenoxy) is 1. The summed E-state index contributed by atoms with van der Waals surface area (Å²) in [6, 6.07) is 1.82. The molecule has 1 aliphatic heterocycles. The molecule has 1 aromatic rings. The average Bonchev–Trinajstić information content (AvgIpc) is 2.95. The van der Waals surface area contributed by atoms with E-state index >= 15 is 0 Å². The van der Waals surface area contributed by atoms with Crippen molar-refractivity contribution >= 4 is 12.0 Å². The molecule has 1 saturated carbocycles. The Bertz CT molecular complexity index is 906. The molecule has 5 nitrogen and oxygen atoms in total. The van der Waals surface area contributed by atoms with E-state index in [1.165, 1.54) is 38.5 Å². The van der Waals surface area contributed by atoms with Gasteiger partial charge in [-0.2, -0.15) is 0 Å². The van der Waals surface area contributed by atoms with Gasteiger partial charge >= 0.3 is 0 Å². The topological polar surface area (TPSA) is 50.9 Å². The zero-order chi connectivity index (χ0) is 20.1. The maximum Gasteiger partial charge on any atom is 0.152 e. The molecular formula is C23H31FN4O. The fraction of sp³-hybridized carbons (Fsp3) is 0.565. The van der Waals surface area contributed by atoms with Crippen LogP contribution in [0, 0.1) is 5.92 Å². The standard InChI is InChI=1S/C23H31FN4O/c1-28-14-11-20-22(28)23(26-13-12-25-20)27-19-10-6-9-18(24)15-21(19)29-16-17-7-4-2-3-5-8-17/h6,10-11,13-15,17,19,21,27H,2-5,7-9,12,16H2,1H3. The van der Waals surface area contributed by atoms with Crippen molar-refractivity contribution in [2.45, 2.75) is 57.1 Å². The first kappa shape index (κ1) is 20.1. The van der Waals surface area contributed by atoms with Crippen LogP contribution in [0.25, 0.3) is 5.82 Å². The van der Waals surface area contributed by atoms with Crippen LogP contribution in [-0.2, 0) is 11.8 Å². The number of aliphatic imine (C=N–C) groups is 1. The molecule has 156 valence electrons. The van der Waals surface area contributed by atoms with Gasteiger partial charge in [-0.15, -0.1) is 0 Å². The van der Waals surface area contributed by atoms with Crippen LogP contribution in [0.4, 0.5) is 4.39 Å². The Morgan fingerprint density at radius 2 is 2.07 bits per heavy atom. The molecule has 0 aromatic carbocycles. The summed E-state index contributed by atoms with van der Waals surface area (Å²) < 4.78 is 22.5. The lowest BCUT2D eigenvalue weighted by molar-refractivity contribution is 0.0418. The molecule has 29 heavy (non-hydrogen) atoms. The van der Waals surface area contributed by atoms with Crippen molar-refractivity contribution in [2.75, 3.05) is 13.2 Å². The quantitative estimate of drug-likeness (QED) is 0.612. The smallest absolute Gasteiger partial charge is 0.152 e. The SMILES string of the molecule is Cn1ccc2c1=C(NC1C=CCC(F)=CC1OCC1CCCCCC1)N=CCN=2. The maximum absolute atomic E-state index is 14.2. The highest BCUT2D eigenvalue weighted by Gasteiger charge is 2.24. The molecule has 1 fully saturated rings. The lowest BCUT2D eigenvalue weighted by atomic mass is 10.0. The zero-order valence-corrected chi connectivity index (χ0v) is 17.2. The summed E-state index contributed by atoms with van der Waals surface area (Å²) in [6.45, 7) is 1.24. The second kappa shape index (κ2) is 9.53. The second-order valence-electron chi connectivity index (χ2n) is 8.23. The molecule has 0 amide bonds. The van der Waals surface area contributed by atoms with Crippen LogP contribution in [0.1, 0.15) is 44.9 Å². The molecule has 2 aliphatic carbocycles. The molecule has 0 bridgehead atoms. The molecule has 1 N–H and O–H groups in total. The van der Waals surface area contributed by atoms with Crippen LogP contribution < -0.4 is 16.0 Å². The van der Waals surface area contributed by atoms with Crippen molar-refractivity contribution in [3.8, 4) is 0 Å². The van der Waals surface area contributed by atoms with Crippen molar-refractivity contribution in [2.24, 2.45) is 23.0 Å². The number of aryl methyl sites for hydroxylation is 1. The molecule has 0 radical (unpaired) electrons. The summed E-state index contributed by atoms with van der Waals surface area (Å²) in [6.07, 6.45) is 16.9. The van der Waals surface area contributed by atoms with Crippen molar-refractivity contribution in [3.05, 3.63) is 47.0 Å². The third-order valence-electron chi connectivity index (χ3n) is 6.00. The molecule has 3 aliphatic rings. The predicted octanol–water partition coefficient (Wildman–Crippen LogP) is 2.92. The van der Waals surface area contributed by atoms with Gasteiger partial charge in [-0.25, -0.2) is 9.38 Å². The number of aromatic nitrogens is 1. The van der Waals surface area contributed by atoms with Crippen LogP contribution in [-0.4, -0.2) is 36.1 Å². The molecule has 2 unspecified atom stereocenters. The van der Waals surface area contributed by atoms with Crippen LogP contribution in [0.3, 0.4) is 0 Å². The van der Waals surface area contributed by atoms with Gasteiger partial charge in [0.2, 0.25) is 0 Å². The van der Waals surface area contributed by atoms with Gasteiger partial charge in [0.05, 0.1) is 24.6 Å². The number of nitrogens with zero attached hydrogens (tertiary/aromatic N) is 3. The highest BCUT2D eigenvalue weighted by atomic mass is 19.1. The van der Waals surface area contributed by atoms with Crippen molar-refractivity contribution < 1.29 is 9.13 Å². The Hall–Kier alpha value is -2.21. The second-order valence-corrected chi connectivity index (χ2v) is 8.23. The van der Waals surface area contributed by atoms with Gasteiger partial charge in [-0.3, -0.25) is 4.99 Å².